The largest absolute Gasteiger partial charge is 0.286 e. The third-order valence-electron chi connectivity index (χ3n) is 0.847. The first-order valence-corrected chi connectivity index (χ1v) is 3.55. The standard InChI is InChI=1S/C4H11NS2/c1-2-5(3-6)4-7/h6-7H,2-4H2,1H3. The summed E-state index contributed by atoms with van der Waals surface area (Å²) in [6, 6.07) is 0. The van der Waals surface area contributed by atoms with Crippen molar-refractivity contribution in [3.63, 3.8) is 0 Å². The Balaban J connectivity index is 2.99. The van der Waals surface area contributed by atoms with Crippen molar-refractivity contribution in [2.24, 2.45) is 0 Å². The third-order valence-corrected chi connectivity index (χ3v) is 1.65. The van der Waals surface area contributed by atoms with Crippen molar-refractivity contribution >= 4 is 25.3 Å². The van der Waals surface area contributed by atoms with E-state index in [1.807, 2.05) is 0 Å². The summed E-state index contributed by atoms with van der Waals surface area (Å²) < 4.78 is 0. The van der Waals surface area contributed by atoms with Crippen LogP contribution < -0.4 is 0 Å². The molecule has 0 fully saturated rings. The summed E-state index contributed by atoms with van der Waals surface area (Å²) in [7, 11) is 0. The molecular formula is C4H11NS2. The molecule has 0 spiro atoms. The maximum atomic E-state index is 4.05. The smallest absolute Gasteiger partial charge is 0.0422 e. The molecule has 0 rings (SSSR count). The lowest BCUT2D eigenvalue weighted by Crippen LogP contribution is -2.19. The monoisotopic (exact) mass is 137 g/mol. The topological polar surface area (TPSA) is 3.24 Å². The highest BCUT2D eigenvalue weighted by molar-refractivity contribution is 7.81. The van der Waals surface area contributed by atoms with Crippen LogP contribution in [0.3, 0.4) is 0 Å². The van der Waals surface area contributed by atoms with Crippen molar-refractivity contribution in [1.29, 1.82) is 0 Å². The fraction of sp³-hybridized carbons (Fsp3) is 1.00. The molecule has 0 atom stereocenters. The zero-order chi connectivity index (χ0) is 5.70. The summed E-state index contributed by atoms with van der Waals surface area (Å²) in [6.07, 6.45) is 0. The summed E-state index contributed by atoms with van der Waals surface area (Å²) in [4.78, 5) is 2.10. The van der Waals surface area contributed by atoms with Gasteiger partial charge in [-0.15, -0.1) is 0 Å². The van der Waals surface area contributed by atoms with E-state index >= 15 is 0 Å². The van der Waals surface area contributed by atoms with Gasteiger partial charge in [-0.2, -0.15) is 25.3 Å². The van der Waals surface area contributed by atoms with Gasteiger partial charge >= 0.3 is 0 Å². The summed E-state index contributed by atoms with van der Waals surface area (Å²) in [5.74, 6) is 1.61. The molecule has 0 aromatic rings. The fourth-order valence-electron chi connectivity index (χ4n) is 0.245. The van der Waals surface area contributed by atoms with Gasteiger partial charge in [0.25, 0.3) is 0 Å². The van der Waals surface area contributed by atoms with E-state index in [1.165, 1.54) is 0 Å². The molecule has 0 saturated heterocycles. The average molecular weight is 137 g/mol. The molecule has 0 aliphatic rings. The van der Waals surface area contributed by atoms with Crippen LogP contribution >= 0.6 is 25.3 Å². The van der Waals surface area contributed by atoms with Gasteiger partial charge in [0.05, 0.1) is 0 Å². The van der Waals surface area contributed by atoms with E-state index < -0.39 is 0 Å². The Morgan fingerprint density at radius 1 is 1.29 bits per heavy atom. The molecule has 7 heavy (non-hydrogen) atoms. The highest BCUT2D eigenvalue weighted by atomic mass is 32.1. The zero-order valence-corrected chi connectivity index (χ0v) is 6.25. The Labute approximate surface area is 55.9 Å². The lowest BCUT2D eigenvalue weighted by molar-refractivity contribution is 0.403. The molecule has 44 valence electrons. The van der Waals surface area contributed by atoms with Crippen LogP contribution in [-0.4, -0.2) is 23.2 Å². The predicted molar refractivity (Wildman–Crippen MR) is 40.1 cm³/mol. The van der Waals surface area contributed by atoms with Crippen LogP contribution in [0.25, 0.3) is 0 Å². The Hall–Kier alpha value is 0.660. The van der Waals surface area contributed by atoms with Gasteiger partial charge < -0.3 is 0 Å². The predicted octanol–water partition coefficient (Wildman–Crippen LogP) is 1.08. The molecule has 0 unspecified atom stereocenters. The second-order valence-electron chi connectivity index (χ2n) is 1.27. The average Bonchev–Trinajstić information content (AvgIpc) is 1.72. The molecule has 0 aliphatic heterocycles. The van der Waals surface area contributed by atoms with Gasteiger partial charge in [-0.05, 0) is 6.54 Å². The van der Waals surface area contributed by atoms with Gasteiger partial charge in [0.15, 0.2) is 0 Å². The van der Waals surface area contributed by atoms with Gasteiger partial charge in [-0.25, -0.2) is 0 Å². The summed E-state index contributed by atoms with van der Waals surface area (Å²) >= 11 is 8.11. The summed E-state index contributed by atoms with van der Waals surface area (Å²) in [5.41, 5.74) is 0. The van der Waals surface area contributed by atoms with Crippen LogP contribution in [0.1, 0.15) is 6.92 Å². The van der Waals surface area contributed by atoms with Crippen LogP contribution in [0, 0.1) is 0 Å². The van der Waals surface area contributed by atoms with Crippen LogP contribution in [-0.2, 0) is 0 Å². The normalized spacial score (nSPS) is 10.3. The van der Waals surface area contributed by atoms with E-state index in [1.54, 1.807) is 0 Å². The van der Waals surface area contributed by atoms with Gasteiger partial charge in [0.1, 0.15) is 0 Å². The van der Waals surface area contributed by atoms with Crippen LogP contribution in [0.15, 0.2) is 0 Å². The van der Waals surface area contributed by atoms with Crippen LogP contribution in [0.2, 0.25) is 0 Å². The van der Waals surface area contributed by atoms with Crippen molar-refractivity contribution in [2.75, 3.05) is 18.3 Å². The minimum Gasteiger partial charge on any atom is -0.286 e. The second kappa shape index (κ2) is 4.81. The Morgan fingerprint density at radius 3 is 1.71 bits per heavy atom. The Morgan fingerprint density at radius 2 is 1.71 bits per heavy atom. The van der Waals surface area contributed by atoms with E-state index in [0.29, 0.717) is 0 Å². The van der Waals surface area contributed by atoms with Gasteiger partial charge in [-0.1, -0.05) is 6.92 Å². The molecule has 0 saturated carbocycles. The maximum absolute atomic E-state index is 4.05. The number of hydrogen-bond acceptors (Lipinski definition) is 3. The van der Waals surface area contributed by atoms with E-state index in [-0.39, 0.29) is 0 Å². The molecule has 0 aromatic carbocycles. The number of nitrogens with zero attached hydrogens (tertiary/aromatic N) is 1. The molecule has 0 N–H and O–H groups in total. The van der Waals surface area contributed by atoms with Gasteiger partial charge in [-0.3, -0.25) is 4.90 Å². The van der Waals surface area contributed by atoms with Crippen molar-refractivity contribution in [2.45, 2.75) is 6.92 Å². The van der Waals surface area contributed by atoms with Crippen LogP contribution in [0.5, 0.6) is 0 Å². The third kappa shape index (κ3) is 3.26. The number of thiol groups is 2. The second-order valence-corrected chi connectivity index (χ2v) is 1.84. The van der Waals surface area contributed by atoms with Crippen molar-refractivity contribution < 1.29 is 0 Å². The molecule has 0 aromatic heterocycles. The highest BCUT2D eigenvalue weighted by Gasteiger charge is 1.90. The Kier molecular flexibility index (Phi) is 5.26. The van der Waals surface area contributed by atoms with Crippen molar-refractivity contribution in [1.82, 2.24) is 4.90 Å². The lowest BCUT2D eigenvalue weighted by Gasteiger charge is -2.11. The minimum atomic E-state index is 0.806. The molecule has 0 amide bonds. The molecule has 0 aliphatic carbocycles. The zero-order valence-electron chi connectivity index (χ0n) is 4.46. The quantitative estimate of drug-likeness (QED) is 0.435. The van der Waals surface area contributed by atoms with E-state index in [0.717, 1.165) is 18.3 Å². The molecule has 3 heteroatoms. The van der Waals surface area contributed by atoms with E-state index in [4.69, 9.17) is 0 Å². The van der Waals surface area contributed by atoms with Gasteiger partial charge in [0, 0.05) is 11.8 Å². The van der Waals surface area contributed by atoms with Gasteiger partial charge in [0.2, 0.25) is 0 Å². The molecular weight excluding hydrogens is 126 g/mol. The van der Waals surface area contributed by atoms with Crippen molar-refractivity contribution in [3.05, 3.63) is 0 Å². The van der Waals surface area contributed by atoms with E-state index in [2.05, 4.69) is 37.1 Å². The fourth-order valence-corrected chi connectivity index (χ4v) is 1.00. The molecule has 0 heterocycles. The first-order valence-electron chi connectivity index (χ1n) is 2.29. The number of rotatable bonds is 3. The Bertz CT molecular complexity index is 31.2. The summed E-state index contributed by atoms with van der Waals surface area (Å²) in [5, 5.41) is 0. The maximum Gasteiger partial charge on any atom is 0.0422 e. The SMILES string of the molecule is CCN(CS)CS. The first kappa shape index (κ1) is 7.66. The summed E-state index contributed by atoms with van der Waals surface area (Å²) in [6.45, 7) is 3.12. The number of hydrogen-bond donors (Lipinski definition) is 2. The lowest BCUT2D eigenvalue weighted by atomic mass is 10.7. The molecule has 0 radical (unpaired) electrons. The first-order chi connectivity index (χ1) is 3.35. The highest BCUT2D eigenvalue weighted by Crippen LogP contribution is 1.89. The van der Waals surface area contributed by atoms with Crippen LogP contribution in [0.4, 0.5) is 0 Å². The molecule has 0 bridgehead atoms. The van der Waals surface area contributed by atoms with E-state index in [9.17, 15) is 0 Å². The molecule has 1 nitrogen and oxygen atoms in total. The minimum absolute atomic E-state index is 0.806. The van der Waals surface area contributed by atoms with Crippen molar-refractivity contribution in [3.8, 4) is 0 Å².